The van der Waals surface area contributed by atoms with Gasteiger partial charge in [0.15, 0.2) is 0 Å². The van der Waals surface area contributed by atoms with Crippen molar-refractivity contribution in [3.63, 3.8) is 0 Å². The minimum Gasteiger partial charge on any atom is -0.338 e. The number of nitrogens with zero attached hydrogens (tertiary/aromatic N) is 1. The van der Waals surface area contributed by atoms with Crippen molar-refractivity contribution in [3.05, 3.63) is 32.9 Å². The molecule has 6 heteroatoms. The van der Waals surface area contributed by atoms with E-state index in [0.717, 1.165) is 18.9 Å². The Morgan fingerprint density at radius 1 is 1.40 bits per heavy atom. The van der Waals surface area contributed by atoms with Crippen molar-refractivity contribution in [2.75, 3.05) is 13.1 Å². The monoisotopic (exact) mass is 397 g/mol. The molecule has 2 nitrogen and oxygen atoms in total. The molecule has 0 aromatic heterocycles. The maximum absolute atomic E-state index is 12.7. The Bertz CT molecular complexity index is 516. The fourth-order valence-corrected chi connectivity index (χ4v) is 3.26. The standard InChI is InChI=1S/C14H15F3INO/c1-9-3-2-6-19(8-9)13(20)10-4-5-11(12(18)7-10)14(15,16)17/h4-5,7,9H,2-3,6,8H2,1H3. The van der Waals surface area contributed by atoms with Gasteiger partial charge in [0.2, 0.25) is 0 Å². The van der Waals surface area contributed by atoms with E-state index in [0.29, 0.717) is 24.6 Å². The van der Waals surface area contributed by atoms with Gasteiger partial charge in [-0.15, -0.1) is 0 Å². The van der Waals surface area contributed by atoms with E-state index in [-0.39, 0.29) is 9.48 Å². The first kappa shape index (κ1) is 15.6. The van der Waals surface area contributed by atoms with E-state index < -0.39 is 11.7 Å². The Morgan fingerprint density at radius 2 is 2.10 bits per heavy atom. The number of rotatable bonds is 1. The summed E-state index contributed by atoms with van der Waals surface area (Å²) in [4.78, 5) is 14.0. The van der Waals surface area contributed by atoms with Crippen LogP contribution < -0.4 is 0 Å². The third-order valence-corrected chi connectivity index (χ3v) is 4.36. The van der Waals surface area contributed by atoms with Crippen molar-refractivity contribution in [2.24, 2.45) is 5.92 Å². The molecule has 2 rings (SSSR count). The highest BCUT2D eigenvalue weighted by atomic mass is 127. The van der Waals surface area contributed by atoms with Gasteiger partial charge in [-0.1, -0.05) is 6.92 Å². The van der Waals surface area contributed by atoms with Crippen LogP contribution in [0.2, 0.25) is 0 Å². The van der Waals surface area contributed by atoms with E-state index in [2.05, 4.69) is 6.92 Å². The maximum atomic E-state index is 12.7. The van der Waals surface area contributed by atoms with Gasteiger partial charge in [0, 0.05) is 22.2 Å². The summed E-state index contributed by atoms with van der Waals surface area (Å²) in [6.07, 6.45) is -2.34. The van der Waals surface area contributed by atoms with E-state index in [9.17, 15) is 18.0 Å². The number of hydrogen-bond donors (Lipinski definition) is 0. The van der Waals surface area contributed by atoms with Crippen molar-refractivity contribution in [3.8, 4) is 0 Å². The number of carbonyl (C=O) groups excluding carboxylic acids is 1. The molecule has 1 aromatic carbocycles. The van der Waals surface area contributed by atoms with Crippen LogP contribution in [0.4, 0.5) is 13.2 Å². The average molecular weight is 397 g/mol. The van der Waals surface area contributed by atoms with E-state index in [1.54, 1.807) is 27.5 Å². The highest BCUT2D eigenvalue weighted by Crippen LogP contribution is 2.33. The molecule has 1 fully saturated rings. The zero-order valence-corrected chi connectivity index (χ0v) is 13.2. The summed E-state index contributed by atoms with van der Waals surface area (Å²) in [5, 5.41) is 0. The number of carbonyl (C=O) groups is 1. The summed E-state index contributed by atoms with van der Waals surface area (Å²) in [5.41, 5.74) is -0.363. The van der Waals surface area contributed by atoms with E-state index in [1.807, 2.05) is 0 Å². The summed E-state index contributed by atoms with van der Waals surface area (Å²) in [5.74, 6) is 0.268. The zero-order valence-electron chi connectivity index (χ0n) is 11.0. The third-order valence-electron chi connectivity index (χ3n) is 3.47. The van der Waals surface area contributed by atoms with Crippen molar-refractivity contribution in [2.45, 2.75) is 25.9 Å². The Balaban J connectivity index is 2.21. The molecule has 1 saturated heterocycles. The van der Waals surface area contributed by atoms with Gasteiger partial charge in [-0.2, -0.15) is 13.2 Å². The topological polar surface area (TPSA) is 20.3 Å². The van der Waals surface area contributed by atoms with Gasteiger partial charge in [0.1, 0.15) is 0 Å². The van der Waals surface area contributed by atoms with Gasteiger partial charge in [-0.3, -0.25) is 4.79 Å². The number of piperidine rings is 1. The fraction of sp³-hybridized carbons (Fsp3) is 0.500. The van der Waals surface area contributed by atoms with Crippen LogP contribution in [0.1, 0.15) is 35.7 Å². The van der Waals surface area contributed by atoms with Crippen LogP contribution in [0.5, 0.6) is 0 Å². The number of alkyl halides is 3. The summed E-state index contributed by atoms with van der Waals surface area (Å²) in [6.45, 7) is 3.44. The maximum Gasteiger partial charge on any atom is 0.417 e. The first-order valence-corrected chi connectivity index (χ1v) is 7.53. The molecule has 0 radical (unpaired) electrons. The summed E-state index contributed by atoms with van der Waals surface area (Å²) >= 11 is 1.63. The van der Waals surface area contributed by atoms with E-state index in [4.69, 9.17) is 0 Å². The summed E-state index contributed by atoms with van der Waals surface area (Å²) < 4.78 is 38.1. The van der Waals surface area contributed by atoms with Gasteiger partial charge in [0.05, 0.1) is 5.56 Å². The predicted molar refractivity (Wildman–Crippen MR) is 78.5 cm³/mol. The normalized spacial score (nSPS) is 20.1. The molecule has 1 atom stereocenters. The van der Waals surface area contributed by atoms with Crippen molar-refractivity contribution in [1.29, 1.82) is 0 Å². The molecule has 1 heterocycles. The van der Waals surface area contributed by atoms with Crippen LogP contribution in [0, 0.1) is 9.49 Å². The second kappa shape index (κ2) is 5.91. The minimum absolute atomic E-state index is 0.0611. The lowest BCUT2D eigenvalue weighted by molar-refractivity contribution is -0.138. The van der Waals surface area contributed by atoms with Gasteiger partial charge in [-0.25, -0.2) is 0 Å². The Kier molecular flexibility index (Phi) is 4.61. The molecule has 0 bridgehead atoms. The van der Waals surface area contributed by atoms with Gasteiger partial charge in [-0.05, 0) is 59.5 Å². The first-order chi connectivity index (χ1) is 9.29. The molecule has 0 saturated carbocycles. The molecule has 110 valence electrons. The molecule has 1 aliphatic rings. The van der Waals surface area contributed by atoms with Crippen molar-refractivity contribution >= 4 is 28.5 Å². The number of amides is 1. The zero-order chi connectivity index (χ0) is 14.9. The van der Waals surface area contributed by atoms with Crippen LogP contribution in [0.25, 0.3) is 0 Å². The van der Waals surface area contributed by atoms with E-state index in [1.165, 1.54) is 12.1 Å². The number of benzene rings is 1. The van der Waals surface area contributed by atoms with Crippen LogP contribution in [-0.2, 0) is 6.18 Å². The molecular formula is C14H15F3INO. The van der Waals surface area contributed by atoms with Gasteiger partial charge >= 0.3 is 6.18 Å². The van der Waals surface area contributed by atoms with Crippen LogP contribution in [-0.4, -0.2) is 23.9 Å². The second-order valence-corrected chi connectivity index (χ2v) is 6.35. The van der Waals surface area contributed by atoms with Crippen molar-refractivity contribution in [1.82, 2.24) is 4.90 Å². The molecule has 1 aliphatic heterocycles. The predicted octanol–water partition coefficient (Wildman–Crippen LogP) is 4.18. The number of hydrogen-bond acceptors (Lipinski definition) is 1. The lowest BCUT2D eigenvalue weighted by Crippen LogP contribution is -2.39. The van der Waals surface area contributed by atoms with E-state index >= 15 is 0 Å². The van der Waals surface area contributed by atoms with Gasteiger partial charge in [0.25, 0.3) is 5.91 Å². The summed E-state index contributed by atoms with van der Waals surface area (Å²) in [7, 11) is 0. The molecule has 1 unspecified atom stereocenters. The first-order valence-electron chi connectivity index (χ1n) is 6.45. The highest BCUT2D eigenvalue weighted by Gasteiger charge is 2.33. The second-order valence-electron chi connectivity index (χ2n) is 5.19. The largest absolute Gasteiger partial charge is 0.417 e. The molecule has 1 amide bonds. The molecule has 20 heavy (non-hydrogen) atoms. The summed E-state index contributed by atoms with van der Waals surface area (Å²) in [6, 6.07) is 3.58. The molecule has 0 N–H and O–H groups in total. The Morgan fingerprint density at radius 3 is 2.65 bits per heavy atom. The SMILES string of the molecule is CC1CCCN(C(=O)c2ccc(C(F)(F)F)c(I)c2)C1. The molecule has 1 aromatic rings. The number of halogens is 4. The highest BCUT2D eigenvalue weighted by molar-refractivity contribution is 14.1. The third kappa shape index (κ3) is 3.45. The Hall–Kier alpha value is -0.790. The lowest BCUT2D eigenvalue weighted by atomic mass is 9.99. The van der Waals surface area contributed by atoms with Crippen LogP contribution in [0.15, 0.2) is 18.2 Å². The molecule has 0 aliphatic carbocycles. The van der Waals surface area contributed by atoms with Crippen LogP contribution >= 0.6 is 22.6 Å². The van der Waals surface area contributed by atoms with Crippen molar-refractivity contribution < 1.29 is 18.0 Å². The quantitative estimate of drug-likeness (QED) is 0.652. The smallest absolute Gasteiger partial charge is 0.338 e. The average Bonchev–Trinajstić information content (AvgIpc) is 2.36. The number of likely N-dealkylation sites (tertiary alicyclic amines) is 1. The van der Waals surface area contributed by atoms with Gasteiger partial charge < -0.3 is 4.90 Å². The molecular weight excluding hydrogens is 382 g/mol. The molecule has 0 spiro atoms. The minimum atomic E-state index is -4.38. The Labute approximate surface area is 129 Å². The fourth-order valence-electron chi connectivity index (χ4n) is 2.43. The lowest BCUT2D eigenvalue weighted by Gasteiger charge is -2.31. The van der Waals surface area contributed by atoms with Crippen LogP contribution in [0.3, 0.4) is 0 Å².